The summed E-state index contributed by atoms with van der Waals surface area (Å²) in [5, 5.41) is 12.0. The average molecular weight is 362 g/mol. The zero-order valence-electron chi connectivity index (χ0n) is 18.0. The van der Waals surface area contributed by atoms with Crippen molar-refractivity contribution in [3.8, 4) is 17.2 Å². The fraction of sp³-hybridized carbons (Fsp3) is 0.391. The van der Waals surface area contributed by atoms with E-state index in [9.17, 15) is 0 Å². The lowest BCUT2D eigenvalue weighted by molar-refractivity contribution is 0.464. The lowest BCUT2D eigenvalue weighted by atomic mass is 10.2. The fourth-order valence-electron chi connectivity index (χ4n) is 1.40. The summed E-state index contributed by atoms with van der Waals surface area (Å²) in [6.45, 7) is 18.4. The minimum atomic E-state index is 0.242. The van der Waals surface area contributed by atoms with Crippen LogP contribution >= 0.6 is 0 Å². The number of nitrogens with one attached hydrogen (secondary N) is 1. The van der Waals surface area contributed by atoms with Crippen molar-refractivity contribution >= 4 is 0 Å². The van der Waals surface area contributed by atoms with Gasteiger partial charge in [-0.15, -0.1) is 6.58 Å². The number of benzene rings is 2. The molecule has 2 aromatic carbocycles. The van der Waals surface area contributed by atoms with Gasteiger partial charge in [-0.2, -0.15) is 0 Å². The smallest absolute Gasteiger partial charge is 0.127 e. The minimum absolute atomic E-state index is 0.242. The van der Waals surface area contributed by atoms with E-state index in [-0.39, 0.29) is 5.75 Å². The Bertz CT molecular complexity index is 461. The topological polar surface area (TPSA) is 41.5 Å². The van der Waals surface area contributed by atoms with Crippen LogP contribution in [-0.2, 0) is 0 Å². The summed E-state index contributed by atoms with van der Waals surface area (Å²) >= 11 is 0. The van der Waals surface area contributed by atoms with Crippen molar-refractivity contribution < 1.29 is 9.84 Å². The summed E-state index contributed by atoms with van der Waals surface area (Å²) in [6, 6.07) is 14.5. The van der Waals surface area contributed by atoms with E-state index >= 15 is 0 Å². The zero-order chi connectivity index (χ0) is 20.8. The van der Waals surface area contributed by atoms with Crippen LogP contribution in [0.15, 0.2) is 61.2 Å². The number of ether oxygens (including phenoxy) is 1. The molecule has 0 aliphatic heterocycles. The Labute approximate surface area is 161 Å². The van der Waals surface area contributed by atoms with E-state index in [1.54, 1.807) is 24.3 Å². The highest BCUT2D eigenvalue weighted by Gasteiger charge is 1.96. The lowest BCUT2D eigenvalue weighted by Gasteiger charge is -2.05. The van der Waals surface area contributed by atoms with Gasteiger partial charge < -0.3 is 15.2 Å². The van der Waals surface area contributed by atoms with Crippen molar-refractivity contribution in [3.63, 3.8) is 0 Å². The molecule has 0 heterocycles. The predicted octanol–water partition coefficient (Wildman–Crippen LogP) is 6.96. The molecule has 0 atom stereocenters. The van der Waals surface area contributed by atoms with Crippen LogP contribution in [0.5, 0.6) is 17.2 Å². The molecule has 0 amide bonds. The number of hydrogen-bond acceptors (Lipinski definition) is 3. The Morgan fingerprint density at radius 3 is 1.54 bits per heavy atom. The highest BCUT2D eigenvalue weighted by atomic mass is 16.5. The third kappa shape index (κ3) is 16.6. The van der Waals surface area contributed by atoms with Gasteiger partial charge in [0.2, 0.25) is 0 Å². The summed E-state index contributed by atoms with van der Waals surface area (Å²) in [5.41, 5.74) is 1.20. The summed E-state index contributed by atoms with van der Waals surface area (Å²) in [5.74, 6) is 1.76. The lowest BCUT2D eigenvalue weighted by Crippen LogP contribution is -2.02. The summed E-state index contributed by atoms with van der Waals surface area (Å²) in [6.07, 6.45) is 1.82. The molecule has 0 fully saturated rings. The van der Waals surface area contributed by atoms with Crippen LogP contribution < -0.4 is 10.1 Å². The molecule has 0 aliphatic carbocycles. The van der Waals surface area contributed by atoms with Crippen molar-refractivity contribution in [3.05, 3.63) is 66.7 Å². The van der Waals surface area contributed by atoms with E-state index in [1.165, 1.54) is 5.56 Å². The first-order valence-electron chi connectivity index (χ1n) is 9.44. The zero-order valence-corrected chi connectivity index (χ0v) is 18.0. The maximum absolute atomic E-state index is 9.10. The normalized spacial score (nSPS) is 7.85. The van der Waals surface area contributed by atoms with Crippen LogP contribution in [0.4, 0.5) is 0 Å². The molecule has 2 rings (SSSR count). The standard InChI is InChI=1S/C13H12O2.C4H9N.3C2H6/c1-10-2-6-12(7-3-10)15-13-8-4-11(14)5-9-13;1-3-4-5-2;3*1-2/h2-9,14H,1H3;3,5H,1,4H2,2H3;3*1-2H3. The largest absolute Gasteiger partial charge is 0.508 e. The van der Waals surface area contributed by atoms with Crippen LogP contribution in [-0.4, -0.2) is 18.7 Å². The quantitative estimate of drug-likeness (QED) is 0.578. The maximum atomic E-state index is 9.10. The maximum Gasteiger partial charge on any atom is 0.127 e. The predicted molar refractivity (Wildman–Crippen MR) is 118 cm³/mol. The van der Waals surface area contributed by atoms with Crippen LogP contribution in [0.3, 0.4) is 0 Å². The van der Waals surface area contributed by atoms with Crippen molar-refractivity contribution in [1.29, 1.82) is 0 Å². The number of likely N-dealkylation sites (N-methyl/N-ethyl adjacent to an activating group) is 1. The second-order valence-electron chi connectivity index (χ2n) is 4.26. The van der Waals surface area contributed by atoms with E-state index in [0.29, 0.717) is 0 Å². The number of aryl methyl sites for hydroxylation is 1. The van der Waals surface area contributed by atoms with Gasteiger partial charge in [0.15, 0.2) is 0 Å². The van der Waals surface area contributed by atoms with Crippen molar-refractivity contribution in [2.45, 2.75) is 48.5 Å². The van der Waals surface area contributed by atoms with Crippen molar-refractivity contribution in [2.75, 3.05) is 13.6 Å². The van der Waals surface area contributed by atoms with Gasteiger partial charge in [0.05, 0.1) is 0 Å². The minimum Gasteiger partial charge on any atom is -0.508 e. The second kappa shape index (κ2) is 22.7. The van der Waals surface area contributed by atoms with Crippen LogP contribution in [0, 0.1) is 6.92 Å². The SMILES string of the molecule is C=CCNC.CC.CC.CC.Cc1ccc(Oc2ccc(O)cc2)cc1. The highest BCUT2D eigenvalue weighted by Crippen LogP contribution is 2.23. The number of hydrogen-bond donors (Lipinski definition) is 2. The molecule has 0 unspecified atom stereocenters. The summed E-state index contributed by atoms with van der Waals surface area (Å²) in [7, 11) is 1.89. The Kier molecular flexibility index (Phi) is 25.0. The molecule has 148 valence electrons. The van der Waals surface area contributed by atoms with Gasteiger partial charge in [-0.1, -0.05) is 65.3 Å². The number of aromatic hydroxyl groups is 1. The van der Waals surface area contributed by atoms with E-state index < -0.39 is 0 Å². The van der Waals surface area contributed by atoms with Gasteiger partial charge in [-0.25, -0.2) is 0 Å². The molecule has 0 saturated carbocycles. The first-order valence-corrected chi connectivity index (χ1v) is 9.44. The first-order chi connectivity index (χ1) is 12.7. The second-order valence-corrected chi connectivity index (χ2v) is 4.26. The Hall–Kier alpha value is -2.26. The van der Waals surface area contributed by atoms with E-state index in [1.807, 2.05) is 85.9 Å². The van der Waals surface area contributed by atoms with Gasteiger partial charge in [0, 0.05) is 6.54 Å². The van der Waals surface area contributed by atoms with E-state index in [0.717, 1.165) is 18.0 Å². The van der Waals surface area contributed by atoms with Crippen LogP contribution in [0.25, 0.3) is 0 Å². The molecule has 0 bridgehead atoms. The Balaban J connectivity index is -0.000000407. The molecule has 2 N–H and O–H groups in total. The van der Waals surface area contributed by atoms with Gasteiger partial charge >= 0.3 is 0 Å². The molecule has 3 nitrogen and oxygen atoms in total. The molecule has 2 aromatic rings. The first kappa shape index (κ1) is 28.5. The molecule has 0 aliphatic rings. The molecule has 0 spiro atoms. The molecule has 3 heteroatoms. The Morgan fingerprint density at radius 1 is 0.846 bits per heavy atom. The molecule has 0 saturated heterocycles. The number of phenols is 1. The monoisotopic (exact) mass is 361 g/mol. The summed E-state index contributed by atoms with van der Waals surface area (Å²) < 4.78 is 5.58. The third-order valence-corrected chi connectivity index (χ3v) is 2.44. The highest BCUT2D eigenvalue weighted by molar-refractivity contribution is 5.35. The van der Waals surface area contributed by atoms with E-state index in [4.69, 9.17) is 9.84 Å². The molecular weight excluding hydrogens is 322 g/mol. The Morgan fingerprint density at radius 2 is 1.23 bits per heavy atom. The van der Waals surface area contributed by atoms with Crippen molar-refractivity contribution in [2.24, 2.45) is 0 Å². The van der Waals surface area contributed by atoms with Gasteiger partial charge in [-0.05, 0) is 50.4 Å². The van der Waals surface area contributed by atoms with Gasteiger partial charge in [0.1, 0.15) is 17.2 Å². The van der Waals surface area contributed by atoms with Crippen molar-refractivity contribution in [1.82, 2.24) is 5.32 Å². The molecule has 0 aromatic heterocycles. The number of rotatable bonds is 4. The summed E-state index contributed by atoms with van der Waals surface area (Å²) in [4.78, 5) is 0. The van der Waals surface area contributed by atoms with Gasteiger partial charge in [-0.3, -0.25) is 0 Å². The number of phenolic OH excluding ortho intramolecular Hbond substituents is 1. The average Bonchev–Trinajstić information content (AvgIpc) is 2.71. The van der Waals surface area contributed by atoms with Gasteiger partial charge in [0.25, 0.3) is 0 Å². The van der Waals surface area contributed by atoms with E-state index in [2.05, 4.69) is 11.9 Å². The van der Waals surface area contributed by atoms with Crippen LogP contribution in [0.2, 0.25) is 0 Å². The fourth-order valence-corrected chi connectivity index (χ4v) is 1.40. The molecular formula is C23H39NO2. The third-order valence-electron chi connectivity index (χ3n) is 2.44. The molecule has 26 heavy (non-hydrogen) atoms. The van der Waals surface area contributed by atoms with Crippen LogP contribution in [0.1, 0.15) is 47.1 Å². The molecule has 0 radical (unpaired) electrons.